The third-order valence-electron chi connectivity index (χ3n) is 2.17. The average molecular weight is 268 g/mol. The van der Waals surface area contributed by atoms with Gasteiger partial charge in [0.05, 0.1) is 22.9 Å². The van der Waals surface area contributed by atoms with Crippen molar-refractivity contribution >= 4 is 16.0 Å². The van der Waals surface area contributed by atoms with Crippen LogP contribution in [0.2, 0.25) is 0 Å². The molecule has 0 spiro atoms. The van der Waals surface area contributed by atoms with Gasteiger partial charge in [-0.05, 0) is 31.2 Å². The summed E-state index contributed by atoms with van der Waals surface area (Å²) in [5, 5.41) is 17.1. The molecule has 0 aliphatic rings. The quantitative estimate of drug-likeness (QED) is 0.827. The molecule has 0 bridgehead atoms. The number of sulfonamides is 1. The lowest BCUT2D eigenvalue weighted by Crippen LogP contribution is -2.32. The van der Waals surface area contributed by atoms with Gasteiger partial charge in [-0.2, -0.15) is 5.26 Å². The molecule has 0 fully saturated rings. The van der Waals surface area contributed by atoms with E-state index in [-0.39, 0.29) is 16.9 Å². The van der Waals surface area contributed by atoms with Crippen molar-refractivity contribution in [3.63, 3.8) is 0 Å². The summed E-state index contributed by atoms with van der Waals surface area (Å²) in [6.07, 6.45) is 0.0619. The van der Waals surface area contributed by atoms with Gasteiger partial charge in [0.15, 0.2) is 0 Å². The van der Waals surface area contributed by atoms with Crippen LogP contribution in [0.5, 0.6) is 0 Å². The lowest BCUT2D eigenvalue weighted by atomic mass is 10.2. The number of carboxylic acids is 1. The Kier molecular flexibility index (Phi) is 4.42. The zero-order chi connectivity index (χ0) is 13.8. The van der Waals surface area contributed by atoms with Gasteiger partial charge < -0.3 is 5.11 Å². The van der Waals surface area contributed by atoms with Gasteiger partial charge in [0.1, 0.15) is 0 Å². The van der Waals surface area contributed by atoms with Gasteiger partial charge in [0.25, 0.3) is 0 Å². The SMILES string of the molecule is CC(CC#N)NS(=O)(=O)c1ccc(C(=O)O)cc1. The van der Waals surface area contributed by atoms with Gasteiger partial charge >= 0.3 is 5.97 Å². The maximum atomic E-state index is 11.8. The van der Waals surface area contributed by atoms with Gasteiger partial charge in [-0.25, -0.2) is 17.9 Å². The van der Waals surface area contributed by atoms with Crippen LogP contribution in [0.25, 0.3) is 0 Å². The Hall–Kier alpha value is -1.91. The highest BCUT2D eigenvalue weighted by atomic mass is 32.2. The van der Waals surface area contributed by atoms with Gasteiger partial charge in [-0.3, -0.25) is 0 Å². The predicted molar refractivity (Wildman–Crippen MR) is 63.4 cm³/mol. The molecule has 0 radical (unpaired) electrons. The fourth-order valence-corrected chi connectivity index (χ4v) is 2.53. The standard InChI is InChI=1S/C11H12N2O4S/c1-8(6-7-12)13-18(16,17)10-4-2-9(3-5-10)11(14)15/h2-5,8,13H,6H2,1H3,(H,14,15). The van der Waals surface area contributed by atoms with Crippen LogP contribution in [0.15, 0.2) is 29.2 Å². The number of aromatic carboxylic acids is 1. The van der Waals surface area contributed by atoms with Crippen molar-refractivity contribution in [2.45, 2.75) is 24.3 Å². The third kappa shape index (κ3) is 3.55. The maximum Gasteiger partial charge on any atom is 0.335 e. The molecule has 1 rings (SSSR count). The first kappa shape index (κ1) is 14.2. The third-order valence-corrected chi connectivity index (χ3v) is 3.77. The van der Waals surface area contributed by atoms with E-state index in [0.29, 0.717) is 0 Å². The van der Waals surface area contributed by atoms with Crippen molar-refractivity contribution in [3.05, 3.63) is 29.8 Å². The molecule has 1 atom stereocenters. The Balaban J connectivity index is 2.92. The van der Waals surface area contributed by atoms with E-state index < -0.39 is 22.0 Å². The van der Waals surface area contributed by atoms with Crippen LogP contribution in [-0.2, 0) is 10.0 Å². The fraction of sp³-hybridized carbons (Fsp3) is 0.273. The molecule has 1 aromatic carbocycles. The Morgan fingerprint density at radius 3 is 2.44 bits per heavy atom. The van der Waals surface area contributed by atoms with Crippen molar-refractivity contribution in [1.82, 2.24) is 4.72 Å². The number of benzene rings is 1. The molecule has 0 aromatic heterocycles. The highest BCUT2D eigenvalue weighted by molar-refractivity contribution is 7.89. The molecular formula is C11H12N2O4S. The minimum Gasteiger partial charge on any atom is -0.478 e. The van der Waals surface area contributed by atoms with E-state index in [2.05, 4.69) is 4.72 Å². The fourth-order valence-electron chi connectivity index (χ4n) is 1.29. The monoisotopic (exact) mass is 268 g/mol. The molecule has 1 aromatic rings. The number of nitrogens with one attached hydrogen (secondary N) is 1. The van der Waals surface area contributed by atoms with E-state index in [1.807, 2.05) is 6.07 Å². The molecule has 18 heavy (non-hydrogen) atoms. The van der Waals surface area contributed by atoms with Crippen LogP contribution in [0.3, 0.4) is 0 Å². The molecule has 2 N–H and O–H groups in total. The van der Waals surface area contributed by atoms with Gasteiger partial charge in [-0.1, -0.05) is 0 Å². The van der Waals surface area contributed by atoms with Gasteiger partial charge in [-0.15, -0.1) is 0 Å². The van der Waals surface area contributed by atoms with Crippen molar-refractivity contribution in [3.8, 4) is 6.07 Å². The van der Waals surface area contributed by atoms with E-state index >= 15 is 0 Å². The molecule has 0 aliphatic heterocycles. The zero-order valence-corrected chi connectivity index (χ0v) is 10.4. The number of hydrogen-bond acceptors (Lipinski definition) is 4. The number of hydrogen-bond donors (Lipinski definition) is 2. The molecule has 0 aliphatic carbocycles. The number of carbonyl (C=O) groups is 1. The Morgan fingerprint density at radius 1 is 1.44 bits per heavy atom. The van der Waals surface area contributed by atoms with Crippen LogP contribution < -0.4 is 4.72 Å². The molecule has 0 heterocycles. The second kappa shape index (κ2) is 5.62. The predicted octanol–water partition coefficient (Wildman–Crippen LogP) is 0.965. The van der Waals surface area contributed by atoms with E-state index in [1.54, 1.807) is 6.92 Å². The zero-order valence-electron chi connectivity index (χ0n) is 9.62. The molecule has 96 valence electrons. The van der Waals surface area contributed by atoms with E-state index in [4.69, 9.17) is 10.4 Å². The summed E-state index contributed by atoms with van der Waals surface area (Å²) in [5.74, 6) is -1.12. The number of carboxylic acid groups (broad SMARTS) is 1. The molecular weight excluding hydrogens is 256 g/mol. The van der Waals surface area contributed by atoms with Crippen molar-refractivity contribution in [2.24, 2.45) is 0 Å². The summed E-state index contributed by atoms with van der Waals surface area (Å²) >= 11 is 0. The van der Waals surface area contributed by atoms with Crippen LogP contribution in [0.1, 0.15) is 23.7 Å². The summed E-state index contributed by atoms with van der Waals surface area (Å²) in [5.41, 5.74) is 0.0130. The minimum atomic E-state index is -3.72. The Labute approximate surface area is 105 Å². The largest absolute Gasteiger partial charge is 0.478 e. The number of nitriles is 1. The van der Waals surface area contributed by atoms with Gasteiger partial charge in [0.2, 0.25) is 10.0 Å². The second-order valence-corrected chi connectivity index (χ2v) is 5.43. The van der Waals surface area contributed by atoms with Crippen LogP contribution >= 0.6 is 0 Å². The van der Waals surface area contributed by atoms with E-state index in [1.165, 1.54) is 24.3 Å². The highest BCUT2D eigenvalue weighted by Crippen LogP contribution is 2.11. The van der Waals surface area contributed by atoms with Crippen molar-refractivity contribution < 1.29 is 18.3 Å². The maximum absolute atomic E-state index is 11.8. The number of nitrogens with zero attached hydrogens (tertiary/aromatic N) is 1. The minimum absolute atomic E-state index is 0.0130. The molecule has 0 amide bonds. The van der Waals surface area contributed by atoms with Crippen molar-refractivity contribution in [2.75, 3.05) is 0 Å². The van der Waals surface area contributed by atoms with Crippen LogP contribution in [0.4, 0.5) is 0 Å². The van der Waals surface area contributed by atoms with Crippen LogP contribution in [0, 0.1) is 11.3 Å². The topological polar surface area (TPSA) is 107 Å². The summed E-state index contributed by atoms with van der Waals surface area (Å²) < 4.78 is 26.0. The lowest BCUT2D eigenvalue weighted by Gasteiger charge is -2.11. The first-order valence-corrected chi connectivity index (χ1v) is 6.58. The van der Waals surface area contributed by atoms with E-state index in [9.17, 15) is 13.2 Å². The molecule has 0 saturated carbocycles. The Morgan fingerprint density at radius 2 is 2.00 bits per heavy atom. The molecule has 6 nitrogen and oxygen atoms in total. The molecule has 1 unspecified atom stereocenters. The summed E-state index contributed by atoms with van der Waals surface area (Å²) in [6.45, 7) is 1.58. The van der Waals surface area contributed by atoms with E-state index in [0.717, 1.165) is 0 Å². The Bertz CT molecular complexity index is 572. The summed E-state index contributed by atoms with van der Waals surface area (Å²) in [7, 11) is -3.72. The molecule has 7 heteroatoms. The molecule has 0 saturated heterocycles. The van der Waals surface area contributed by atoms with Crippen molar-refractivity contribution in [1.29, 1.82) is 5.26 Å². The first-order valence-electron chi connectivity index (χ1n) is 5.09. The average Bonchev–Trinajstić information content (AvgIpc) is 2.28. The van der Waals surface area contributed by atoms with Gasteiger partial charge in [0, 0.05) is 6.04 Å². The number of rotatable bonds is 5. The lowest BCUT2D eigenvalue weighted by molar-refractivity contribution is 0.0696. The summed E-state index contributed by atoms with van der Waals surface area (Å²) in [6, 6.07) is 6.21. The first-order chi connectivity index (χ1) is 8.36. The highest BCUT2D eigenvalue weighted by Gasteiger charge is 2.17. The summed E-state index contributed by atoms with van der Waals surface area (Å²) in [4.78, 5) is 10.6. The second-order valence-electron chi connectivity index (χ2n) is 3.71. The van der Waals surface area contributed by atoms with Crippen LogP contribution in [-0.4, -0.2) is 25.5 Å². The normalized spacial score (nSPS) is 12.7. The smallest absolute Gasteiger partial charge is 0.335 e.